The van der Waals surface area contributed by atoms with E-state index in [1.165, 1.54) is 23.3 Å². The Labute approximate surface area is 118 Å². The molecule has 2 aromatic carbocycles. The molecule has 0 atom stereocenters. The van der Waals surface area contributed by atoms with Gasteiger partial charge in [0.1, 0.15) is 5.75 Å². The van der Waals surface area contributed by atoms with E-state index < -0.39 is 0 Å². The Kier molecular flexibility index (Phi) is 4.25. The van der Waals surface area contributed by atoms with Crippen LogP contribution in [0.2, 0.25) is 0 Å². The zero-order chi connectivity index (χ0) is 14.5. The summed E-state index contributed by atoms with van der Waals surface area (Å²) < 4.78 is 0. The number of nitrogens with two attached hydrogens (primary N) is 1. The number of anilines is 2. The SMILES string of the molecule is Cc1ccccc1CCC(=O)Nc1ccc(O)cc1N. The highest BCUT2D eigenvalue weighted by molar-refractivity contribution is 5.94. The minimum atomic E-state index is -0.0920. The van der Waals surface area contributed by atoms with E-state index in [9.17, 15) is 9.90 Å². The number of phenolic OH excluding ortho intramolecular Hbond substituents is 1. The van der Waals surface area contributed by atoms with Crippen molar-refractivity contribution in [2.24, 2.45) is 0 Å². The fourth-order valence-corrected chi connectivity index (χ4v) is 2.02. The van der Waals surface area contributed by atoms with Crippen molar-refractivity contribution in [1.82, 2.24) is 0 Å². The molecular weight excluding hydrogens is 252 g/mol. The maximum atomic E-state index is 11.9. The third-order valence-corrected chi connectivity index (χ3v) is 3.19. The van der Waals surface area contributed by atoms with Crippen molar-refractivity contribution in [3.05, 3.63) is 53.6 Å². The normalized spacial score (nSPS) is 10.2. The highest BCUT2D eigenvalue weighted by Gasteiger charge is 2.07. The molecule has 0 aliphatic rings. The first-order valence-corrected chi connectivity index (χ1v) is 6.49. The van der Waals surface area contributed by atoms with Crippen molar-refractivity contribution >= 4 is 17.3 Å². The summed E-state index contributed by atoms with van der Waals surface area (Å²) in [7, 11) is 0. The average molecular weight is 270 g/mol. The van der Waals surface area contributed by atoms with E-state index in [2.05, 4.69) is 5.32 Å². The molecule has 0 radical (unpaired) electrons. The number of hydrogen-bond acceptors (Lipinski definition) is 3. The topological polar surface area (TPSA) is 75.3 Å². The summed E-state index contributed by atoms with van der Waals surface area (Å²) in [6.07, 6.45) is 1.08. The molecule has 0 aliphatic heterocycles. The first kappa shape index (κ1) is 13.9. The van der Waals surface area contributed by atoms with Gasteiger partial charge in [-0.2, -0.15) is 0 Å². The number of nitrogens with one attached hydrogen (secondary N) is 1. The summed E-state index contributed by atoms with van der Waals surface area (Å²) in [5, 5.41) is 12.0. The van der Waals surface area contributed by atoms with Gasteiger partial charge in [0.15, 0.2) is 0 Å². The van der Waals surface area contributed by atoms with Crippen molar-refractivity contribution in [1.29, 1.82) is 0 Å². The van der Waals surface area contributed by atoms with Crippen LogP contribution in [-0.2, 0) is 11.2 Å². The predicted molar refractivity (Wildman–Crippen MR) is 80.6 cm³/mol. The van der Waals surface area contributed by atoms with Gasteiger partial charge in [-0.05, 0) is 36.6 Å². The number of carbonyl (C=O) groups excluding carboxylic acids is 1. The number of hydrogen-bond donors (Lipinski definition) is 3. The van der Waals surface area contributed by atoms with E-state index in [1.54, 1.807) is 6.07 Å². The number of nitrogen functional groups attached to an aromatic ring is 1. The average Bonchev–Trinajstić information content (AvgIpc) is 2.41. The summed E-state index contributed by atoms with van der Waals surface area (Å²) in [6.45, 7) is 2.03. The second-order valence-electron chi connectivity index (χ2n) is 4.75. The standard InChI is InChI=1S/C16H18N2O2/c1-11-4-2-3-5-12(11)6-9-16(20)18-15-8-7-13(19)10-14(15)17/h2-5,7-8,10,19H,6,9,17H2,1H3,(H,18,20). The van der Waals surface area contributed by atoms with E-state index in [0.29, 0.717) is 24.2 Å². The molecule has 2 aromatic rings. The first-order valence-electron chi connectivity index (χ1n) is 6.49. The molecule has 0 aromatic heterocycles. The third-order valence-electron chi connectivity index (χ3n) is 3.19. The van der Waals surface area contributed by atoms with Gasteiger partial charge in [0.25, 0.3) is 0 Å². The van der Waals surface area contributed by atoms with E-state index in [-0.39, 0.29) is 11.7 Å². The Morgan fingerprint density at radius 1 is 1.25 bits per heavy atom. The lowest BCUT2D eigenvalue weighted by Crippen LogP contribution is -2.13. The van der Waals surface area contributed by atoms with Crippen LogP contribution in [0.3, 0.4) is 0 Å². The maximum Gasteiger partial charge on any atom is 0.224 e. The van der Waals surface area contributed by atoms with Crippen molar-refractivity contribution in [3.8, 4) is 5.75 Å². The fraction of sp³-hybridized carbons (Fsp3) is 0.188. The fourth-order valence-electron chi connectivity index (χ4n) is 2.02. The summed E-state index contributed by atoms with van der Waals surface area (Å²) >= 11 is 0. The highest BCUT2D eigenvalue weighted by Crippen LogP contribution is 2.23. The van der Waals surface area contributed by atoms with Gasteiger partial charge >= 0.3 is 0 Å². The molecule has 0 spiro atoms. The summed E-state index contributed by atoms with van der Waals surface area (Å²) in [4.78, 5) is 11.9. The lowest BCUT2D eigenvalue weighted by molar-refractivity contribution is -0.116. The summed E-state index contributed by atoms with van der Waals surface area (Å²) in [5.41, 5.74) is 8.96. The Morgan fingerprint density at radius 2 is 2.00 bits per heavy atom. The van der Waals surface area contributed by atoms with Crippen LogP contribution in [0, 0.1) is 6.92 Å². The lowest BCUT2D eigenvalue weighted by atomic mass is 10.0. The molecule has 104 valence electrons. The predicted octanol–water partition coefficient (Wildman–Crippen LogP) is 2.85. The molecule has 0 heterocycles. The first-order chi connectivity index (χ1) is 9.56. The maximum absolute atomic E-state index is 11.9. The Bertz CT molecular complexity index is 624. The number of carbonyl (C=O) groups is 1. The van der Waals surface area contributed by atoms with Crippen LogP contribution < -0.4 is 11.1 Å². The van der Waals surface area contributed by atoms with Gasteiger partial charge in [0.2, 0.25) is 5.91 Å². The van der Waals surface area contributed by atoms with Gasteiger partial charge in [-0.1, -0.05) is 24.3 Å². The van der Waals surface area contributed by atoms with Crippen LogP contribution in [0.15, 0.2) is 42.5 Å². The Balaban J connectivity index is 1.94. The summed E-state index contributed by atoms with van der Waals surface area (Å²) in [6, 6.07) is 12.5. The smallest absolute Gasteiger partial charge is 0.224 e. The number of benzene rings is 2. The molecule has 0 unspecified atom stereocenters. The van der Waals surface area contributed by atoms with Gasteiger partial charge in [0, 0.05) is 12.5 Å². The molecule has 0 fully saturated rings. The molecule has 0 saturated heterocycles. The minimum absolute atomic E-state index is 0.0837. The number of amides is 1. The Hall–Kier alpha value is -2.49. The largest absolute Gasteiger partial charge is 0.508 e. The van der Waals surface area contributed by atoms with Crippen LogP contribution >= 0.6 is 0 Å². The molecule has 4 N–H and O–H groups in total. The monoisotopic (exact) mass is 270 g/mol. The van der Waals surface area contributed by atoms with E-state index in [4.69, 9.17) is 5.73 Å². The van der Waals surface area contributed by atoms with Crippen LogP contribution in [0.1, 0.15) is 17.5 Å². The molecule has 20 heavy (non-hydrogen) atoms. The molecular formula is C16H18N2O2. The van der Waals surface area contributed by atoms with Gasteiger partial charge < -0.3 is 16.2 Å². The summed E-state index contributed by atoms with van der Waals surface area (Å²) in [5.74, 6) is -0.00829. The zero-order valence-electron chi connectivity index (χ0n) is 11.4. The number of aromatic hydroxyl groups is 1. The second kappa shape index (κ2) is 6.10. The molecule has 4 heteroatoms. The van der Waals surface area contributed by atoms with E-state index in [0.717, 1.165) is 0 Å². The van der Waals surface area contributed by atoms with Gasteiger partial charge in [0.05, 0.1) is 11.4 Å². The molecule has 0 bridgehead atoms. The molecule has 1 amide bonds. The van der Waals surface area contributed by atoms with Crippen LogP contribution in [0.5, 0.6) is 5.75 Å². The second-order valence-corrected chi connectivity index (χ2v) is 4.75. The quantitative estimate of drug-likeness (QED) is 0.590. The van der Waals surface area contributed by atoms with E-state index >= 15 is 0 Å². The number of phenols is 1. The highest BCUT2D eigenvalue weighted by atomic mass is 16.3. The Morgan fingerprint density at radius 3 is 2.70 bits per heavy atom. The lowest BCUT2D eigenvalue weighted by Gasteiger charge is -2.09. The third kappa shape index (κ3) is 3.51. The molecule has 0 saturated carbocycles. The molecule has 4 nitrogen and oxygen atoms in total. The van der Waals surface area contributed by atoms with E-state index in [1.807, 2.05) is 31.2 Å². The van der Waals surface area contributed by atoms with Crippen molar-refractivity contribution < 1.29 is 9.90 Å². The molecule has 0 aliphatic carbocycles. The molecule has 2 rings (SSSR count). The van der Waals surface area contributed by atoms with Gasteiger partial charge in [-0.25, -0.2) is 0 Å². The minimum Gasteiger partial charge on any atom is -0.508 e. The van der Waals surface area contributed by atoms with Crippen LogP contribution in [-0.4, -0.2) is 11.0 Å². The van der Waals surface area contributed by atoms with Crippen LogP contribution in [0.25, 0.3) is 0 Å². The van der Waals surface area contributed by atoms with Gasteiger partial charge in [-0.3, -0.25) is 4.79 Å². The number of rotatable bonds is 4. The van der Waals surface area contributed by atoms with Crippen molar-refractivity contribution in [3.63, 3.8) is 0 Å². The van der Waals surface area contributed by atoms with Gasteiger partial charge in [-0.15, -0.1) is 0 Å². The number of aryl methyl sites for hydroxylation is 2. The van der Waals surface area contributed by atoms with Crippen LogP contribution in [0.4, 0.5) is 11.4 Å². The zero-order valence-corrected chi connectivity index (χ0v) is 11.4. The van der Waals surface area contributed by atoms with Crippen molar-refractivity contribution in [2.75, 3.05) is 11.1 Å². The van der Waals surface area contributed by atoms with Crippen molar-refractivity contribution in [2.45, 2.75) is 19.8 Å².